The highest BCUT2D eigenvalue weighted by Gasteiger charge is 2.09. The van der Waals surface area contributed by atoms with Gasteiger partial charge >= 0.3 is 5.97 Å². The minimum atomic E-state index is -1.18. The van der Waals surface area contributed by atoms with Gasteiger partial charge in [-0.3, -0.25) is 0 Å². The van der Waals surface area contributed by atoms with Crippen molar-refractivity contribution in [1.82, 2.24) is 0 Å². The van der Waals surface area contributed by atoms with Crippen LogP contribution in [-0.4, -0.2) is 11.1 Å². The van der Waals surface area contributed by atoms with E-state index in [0.29, 0.717) is 0 Å². The highest BCUT2D eigenvalue weighted by atomic mass is 16.4. The van der Waals surface area contributed by atoms with E-state index in [9.17, 15) is 4.79 Å². The van der Waals surface area contributed by atoms with E-state index >= 15 is 0 Å². The minimum Gasteiger partial charge on any atom is -0.477 e. The molecule has 0 aliphatic carbocycles. The molecule has 1 aromatic rings. The Kier molecular flexibility index (Phi) is 3.64. The van der Waals surface area contributed by atoms with Gasteiger partial charge in [0.2, 0.25) is 0 Å². The summed E-state index contributed by atoms with van der Waals surface area (Å²) in [4.78, 5) is 10.6. The Bertz CT molecular complexity index is 415. The third-order valence-electron chi connectivity index (χ3n) is 2.09. The standard InChI is InChI=1S/C12H11NO2/c1-9(7-11(8-13)12(14)15)10-5-3-2-4-6-10/h2-7,9H,1H3,(H,14,15). The monoisotopic (exact) mass is 201 g/mol. The smallest absolute Gasteiger partial charge is 0.346 e. The second-order valence-electron chi connectivity index (χ2n) is 3.20. The molecule has 0 heterocycles. The molecule has 0 aliphatic rings. The van der Waals surface area contributed by atoms with Gasteiger partial charge in [-0.1, -0.05) is 43.3 Å². The summed E-state index contributed by atoms with van der Waals surface area (Å²) in [6, 6.07) is 11.1. The Morgan fingerprint density at radius 3 is 2.53 bits per heavy atom. The van der Waals surface area contributed by atoms with E-state index in [0.717, 1.165) is 5.56 Å². The van der Waals surface area contributed by atoms with Crippen LogP contribution in [0.2, 0.25) is 0 Å². The number of rotatable bonds is 3. The summed E-state index contributed by atoms with van der Waals surface area (Å²) in [5, 5.41) is 17.3. The first kappa shape index (κ1) is 11.0. The van der Waals surface area contributed by atoms with Gasteiger partial charge in [0.15, 0.2) is 0 Å². The van der Waals surface area contributed by atoms with E-state index < -0.39 is 5.97 Å². The van der Waals surface area contributed by atoms with Crippen molar-refractivity contribution in [3.8, 4) is 6.07 Å². The van der Waals surface area contributed by atoms with Crippen LogP contribution in [0.4, 0.5) is 0 Å². The van der Waals surface area contributed by atoms with E-state index in [4.69, 9.17) is 10.4 Å². The molecule has 1 unspecified atom stereocenters. The number of carboxylic acid groups (broad SMARTS) is 1. The molecule has 1 atom stereocenters. The van der Waals surface area contributed by atoms with Crippen molar-refractivity contribution < 1.29 is 9.90 Å². The maximum atomic E-state index is 10.6. The van der Waals surface area contributed by atoms with Crippen LogP contribution in [-0.2, 0) is 4.79 Å². The Labute approximate surface area is 88.3 Å². The number of allylic oxidation sites excluding steroid dienone is 1. The summed E-state index contributed by atoms with van der Waals surface area (Å²) in [6.45, 7) is 1.86. The van der Waals surface area contributed by atoms with Gasteiger partial charge in [0, 0.05) is 5.92 Å². The van der Waals surface area contributed by atoms with Crippen molar-refractivity contribution in [3.63, 3.8) is 0 Å². The predicted octanol–water partition coefficient (Wildman–Crippen LogP) is 2.32. The van der Waals surface area contributed by atoms with Crippen LogP contribution < -0.4 is 0 Å². The SMILES string of the molecule is CC(C=C(C#N)C(=O)O)c1ccccc1. The number of benzene rings is 1. The number of hydrogen-bond donors (Lipinski definition) is 1. The van der Waals surface area contributed by atoms with Crippen LogP contribution in [0.5, 0.6) is 0 Å². The van der Waals surface area contributed by atoms with E-state index in [2.05, 4.69) is 0 Å². The summed E-state index contributed by atoms with van der Waals surface area (Å²) in [5.41, 5.74) is 0.776. The topological polar surface area (TPSA) is 61.1 Å². The van der Waals surface area contributed by atoms with Crippen LogP contribution in [0.15, 0.2) is 42.0 Å². The molecule has 3 heteroatoms. The lowest BCUT2D eigenvalue weighted by molar-refractivity contribution is -0.132. The largest absolute Gasteiger partial charge is 0.477 e. The average molecular weight is 201 g/mol. The number of carboxylic acids is 1. The molecule has 0 saturated carbocycles. The van der Waals surface area contributed by atoms with E-state index in [1.807, 2.05) is 37.3 Å². The first-order valence-corrected chi connectivity index (χ1v) is 4.55. The zero-order chi connectivity index (χ0) is 11.3. The summed E-state index contributed by atoms with van der Waals surface area (Å²) < 4.78 is 0. The Hall–Kier alpha value is -2.08. The lowest BCUT2D eigenvalue weighted by atomic mass is 9.99. The Morgan fingerprint density at radius 2 is 2.07 bits per heavy atom. The molecular formula is C12H11NO2. The van der Waals surface area contributed by atoms with Crippen LogP contribution in [0, 0.1) is 11.3 Å². The fourth-order valence-electron chi connectivity index (χ4n) is 1.26. The van der Waals surface area contributed by atoms with Crippen LogP contribution in [0.1, 0.15) is 18.4 Å². The molecule has 0 aromatic heterocycles. The zero-order valence-electron chi connectivity index (χ0n) is 8.34. The molecule has 0 amide bonds. The maximum absolute atomic E-state index is 10.6. The molecule has 0 fully saturated rings. The van der Waals surface area contributed by atoms with Crippen molar-refractivity contribution in [2.24, 2.45) is 0 Å². The molecule has 3 nitrogen and oxygen atoms in total. The average Bonchev–Trinajstić information content (AvgIpc) is 2.26. The van der Waals surface area contributed by atoms with Crippen LogP contribution in [0.3, 0.4) is 0 Å². The van der Waals surface area contributed by atoms with E-state index in [-0.39, 0.29) is 11.5 Å². The second kappa shape index (κ2) is 4.97. The van der Waals surface area contributed by atoms with Gasteiger partial charge < -0.3 is 5.11 Å². The Balaban J connectivity index is 2.93. The second-order valence-corrected chi connectivity index (χ2v) is 3.20. The molecule has 0 bridgehead atoms. The number of nitriles is 1. The van der Waals surface area contributed by atoms with Crippen LogP contribution in [0.25, 0.3) is 0 Å². The molecular weight excluding hydrogens is 190 g/mol. The number of aliphatic carboxylic acids is 1. The van der Waals surface area contributed by atoms with E-state index in [1.54, 1.807) is 6.07 Å². The fourth-order valence-corrected chi connectivity index (χ4v) is 1.26. The van der Waals surface area contributed by atoms with Crippen molar-refractivity contribution in [3.05, 3.63) is 47.5 Å². The van der Waals surface area contributed by atoms with Gasteiger partial charge in [-0.2, -0.15) is 5.26 Å². The Morgan fingerprint density at radius 1 is 1.47 bits per heavy atom. The van der Waals surface area contributed by atoms with Crippen LogP contribution >= 0.6 is 0 Å². The molecule has 0 saturated heterocycles. The summed E-state index contributed by atoms with van der Waals surface area (Å²) in [6.07, 6.45) is 1.46. The lowest BCUT2D eigenvalue weighted by Crippen LogP contribution is -2.00. The summed E-state index contributed by atoms with van der Waals surface area (Å²) >= 11 is 0. The number of carbonyl (C=O) groups is 1. The first-order valence-electron chi connectivity index (χ1n) is 4.55. The van der Waals surface area contributed by atoms with Crippen molar-refractivity contribution in [2.45, 2.75) is 12.8 Å². The van der Waals surface area contributed by atoms with Gasteiger partial charge in [0.1, 0.15) is 11.6 Å². The van der Waals surface area contributed by atoms with E-state index in [1.165, 1.54) is 6.08 Å². The fraction of sp³-hybridized carbons (Fsp3) is 0.167. The lowest BCUT2D eigenvalue weighted by Gasteiger charge is -2.05. The normalized spacial score (nSPS) is 12.9. The van der Waals surface area contributed by atoms with Gasteiger partial charge in [0.05, 0.1) is 0 Å². The van der Waals surface area contributed by atoms with Gasteiger partial charge in [-0.05, 0) is 5.56 Å². The molecule has 76 valence electrons. The molecule has 0 aliphatic heterocycles. The van der Waals surface area contributed by atoms with Crippen molar-refractivity contribution >= 4 is 5.97 Å². The maximum Gasteiger partial charge on any atom is 0.346 e. The quantitative estimate of drug-likeness (QED) is 0.603. The van der Waals surface area contributed by atoms with Crippen molar-refractivity contribution in [1.29, 1.82) is 5.26 Å². The number of nitrogens with zero attached hydrogens (tertiary/aromatic N) is 1. The molecule has 1 aromatic carbocycles. The highest BCUT2D eigenvalue weighted by molar-refractivity contribution is 5.91. The van der Waals surface area contributed by atoms with Gasteiger partial charge in [0.25, 0.3) is 0 Å². The third-order valence-corrected chi connectivity index (χ3v) is 2.09. The molecule has 0 radical (unpaired) electrons. The molecule has 15 heavy (non-hydrogen) atoms. The first-order chi connectivity index (χ1) is 7.15. The zero-order valence-corrected chi connectivity index (χ0v) is 8.34. The molecule has 1 rings (SSSR count). The summed E-state index contributed by atoms with van der Waals surface area (Å²) in [5.74, 6) is -1.25. The molecule has 0 spiro atoms. The highest BCUT2D eigenvalue weighted by Crippen LogP contribution is 2.17. The molecule has 1 N–H and O–H groups in total. The summed E-state index contributed by atoms with van der Waals surface area (Å²) in [7, 11) is 0. The predicted molar refractivity (Wildman–Crippen MR) is 56.2 cm³/mol. The van der Waals surface area contributed by atoms with Gasteiger partial charge in [-0.15, -0.1) is 0 Å². The third kappa shape index (κ3) is 2.96. The van der Waals surface area contributed by atoms with Crippen molar-refractivity contribution in [2.75, 3.05) is 0 Å². The minimum absolute atomic E-state index is 0.0723. The van der Waals surface area contributed by atoms with Gasteiger partial charge in [-0.25, -0.2) is 4.79 Å². The number of hydrogen-bond acceptors (Lipinski definition) is 2.